The van der Waals surface area contributed by atoms with Gasteiger partial charge in [0.2, 0.25) is 0 Å². The summed E-state index contributed by atoms with van der Waals surface area (Å²) in [4.78, 5) is 0. The van der Waals surface area contributed by atoms with Crippen LogP contribution in [0.15, 0.2) is 54.6 Å². The van der Waals surface area contributed by atoms with Gasteiger partial charge in [0.1, 0.15) is 0 Å². The second-order valence-corrected chi connectivity index (χ2v) is 8.08. The minimum Gasteiger partial charge on any atom is -0.0752 e. The molecule has 1 aliphatic carbocycles. The van der Waals surface area contributed by atoms with E-state index in [2.05, 4.69) is 89.2 Å². The fraction of sp³-hybridized carbons (Fsp3) is 0.364. The number of benzene rings is 2. The molecule has 0 heteroatoms. The second kappa shape index (κ2) is 5.12. The average molecular weight is 290 g/mol. The molecule has 0 unspecified atom stereocenters. The van der Waals surface area contributed by atoms with Crippen molar-refractivity contribution in [1.82, 2.24) is 0 Å². The van der Waals surface area contributed by atoms with Crippen molar-refractivity contribution in [1.29, 1.82) is 0 Å². The van der Waals surface area contributed by atoms with Crippen LogP contribution in [-0.2, 0) is 10.8 Å². The van der Waals surface area contributed by atoms with Gasteiger partial charge in [0.05, 0.1) is 0 Å². The Labute approximate surface area is 134 Å². The van der Waals surface area contributed by atoms with E-state index in [9.17, 15) is 0 Å². The van der Waals surface area contributed by atoms with Crippen LogP contribution in [0.2, 0.25) is 0 Å². The number of fused-ring (bicyclic) bond motifs is 1. The largest absolute Gasteiger partial charge is 0.0752 e. The molecule has 0 fully saturated rings. The molecule has 0 spiro atoms. The van der Waals surface area contributed by atoms with Crippen LogP contribution >= 0.6 is 0 Å². The van der Waals surface area contributed by atoms with Crippen molar-refractivity contribution in [3.05, 3.63) is 76.9 Å². The Hall–Kier alpha value is -1.82. The molecular weight excluding hydrogens is 264 g/mol. The first-order valence-electron chi connectivity index (χ1n) is 8.20. The van der Waals surface area contributed by atoms with Crippen LogP contribution in [-0.4, -0.2) is 0 Å². The lowest BCUT2D eigenvalue weighted by atomic mass is 9.72. The third-order valence-electron chi connectivity index (χ3n) is 4.82. The third kappa shape index (κ3) is 2.63. The SMILES string of the molecule is CC(C)(C)c1ccc(C2=CCC(C)(C)c3ccccc32)cc1. The van der Waals surface area contributed by atoms with Crippen LogP contribution in [0.1, 0.15) is 63.3 Å². The Balaban J connectivity index is 2.05. The summed E-state index contributed by atoms with van der Waals surface area (Å²) in [6.45, 7) is 11.5. The predicted molar refractivity (Wildman–Crippen MR) is 96.3 cm³/mol. The highest BCUT2D eigenvalue weighted by atomic mass is 14.3. The molecule has 114 valence electrons. The molecule has 1 aliphatic rings. The van der Waals surface area contributed by atoms with E-state index in [4.69, 9.17) is 0 Å². The number of allylic oxidation sites excluding steroid dienone is 1. The summed E-state index contributed by atoms with van der Waals surface area (Å²) >= 11 is 0. The Kier molecular flexibility index (Phi) is 3.51. The van der Waals surface area contributed by atoms with Gasteiger partial charge in [-0.25, -0.2) is 0 Å². The van der Waals surface area contributed by atoms with Crippen molar-refractivity contribution in [2.24, 2.45) is 0 Å². The molecule has 22 heavy (non-hydrogen) atoms. The van der Waals surface area contributed by atoms with Crippen LogP contribution in [0.25, 0.3) is 5.57 Å². The lowest BCUT2D eigenvalue weighted by molar-refractivity contribution is 0.527. The third-order valence-corrected chi connectivity index (χ3v) is 4.82. The normalized spacial score (nSPS) is 16.9. The fourth-order valence-corrected chi connectivity index (χ4v) is 3.31. The molecule has 0 N–H and O–H groups in total. The zero-order chi connectivity index (χ0) is 16.0. The van der Waals surface area contributed by atoms with Crippen LogP contribution in [0.3, 0.4) is 0 Å². The molecule has 0 aliphatic heterocycles. The summed E-state index contributed by atoms with van der Waals surface area (Å²) in [7, 11) is 0. The number of hydrogen-bond donors (Lipinski definition) is 0. The van der Waals surface area contributed by atoms with E-state index < -0.39 is 0 Å². The molecule has 3 rings (SSSR count). The van der Waals surface area contributed by atoms with Gasteiger partial charge in [-0.1, -0.05) is 89.2 Å². The molecule has 0 nitrogen and oxygen atoms in total. The van der Waals surface area contributed by atoms with Crippen molar-refractivity contribution in [3.8, 4) is 0 Å². The van der Waals surface area contributed by atoms with Gasteiger partial charge < -0.3 is 0 Å². The van der Waals surface area contributed by atoms with E-state index in [1.54, 1.807) is 0 Å². The van der Waals surface area contributed by atoms with Gasteiger partial charge in [-0.2, -0.15) is 0 Å². The molecular formula is C22H26. The monoisotopic (exact) mass is 290 g/mol. The van der Waals surface area contributed by atoms with Gasteiger partial charge in [0, 0.05) is 0 Å². The van der Waals surface area contributed by atoms with Crippen molar-refractivity contribution >= 4 is 5.57 Å². The number of rotatable bonds is 1. The molecule has 0 aromatic heterocycles. The quantitative estimate of drug-likeness (QED) is 0.595. The average Bonchev–Trinajstić information content (AvgIpc) is 2.47. The summed E-state index contributed by atoms with van der Waals surface area (Å²) < 4.78 is 0. The summed E-state index contributed by atoms with van der Waals surface area (Å²) in [6.07, 6.45) is 3.51. The topological polar surface area (TPSA) is 0 Å². The molecule has 0 saturated carbocycles. The van der Waals surface area contributed by atoms with Gasteiger partial charge in [-0.05, 0) is 45.1 Å². The summed E-state index contributed by atoms with van der Waals surface area (Å²) in [5.74, 6) is 0. The van der Waals surface area contributed by atoms with Crippen molar-refractivity contribution in [2.45, 2.75) is 51.9 Å². The van der Waals surface area contributed by atoms with Crippen molar-refractivity contribution in [3.63, 3.8) is 0 Å². The lowest BCUT2D eigenvalue weighted by Crippen LogP contribution is -2.21. The van der Waals surface area contributed by atoms with Crippen LogP contribution < -0.4 is 0 Å². The van der Waals surface area contributed by atoms with Crippen molar-refractivity contribution < 1.29 is 0 Å². The Morgan fingerprint density at radius 1 is 0.864 bits per heavy atom. The standard InChI is InChI=1S/C22H26/c1-21(2,3)17-12-10-16(11-13-17)18-14-15-22(4,5)20-9-7-6-8-19(18)20/h6-14H,15H2,1-5H3. The molecule has 0 heterocycles. The van der Waals surface area contributed by atoms with Crippen molar-refractivity contribution in [2.75, 3.05) is 0 Å². The first kappa shape index (κ1) is 15.1. The van der Waals surface area contributed by atoms with Crippen LogP contribution in [0, 0.1) is 0 Å². The summed E-state index contributed by atoms with van der Waals surface area (Å²) in [5, 5.41) is 0. The molecule has 0 amide bonds. The Morgan fingerprint density at radius 2 is 1.50 bits per heavy atom. The maximum Gasteiger partial charge on any atom is -0.00626 e. The highest BCUT2D eigenvalue weighted by Crippen LogP contribution is 2.41. The predicted octanol–water partition coefficient (Wildman–Crippen LogP) is 6.10. The van der Waals surface area contributed by atoms with Gasteiger partial charge in [0.25, 0.3) is 0 Å². The Bertz CT molecular complexity index is 706. The van der Waals surface area contributed by atoms with Gasteiger partial charge in [0.15, 0.2) is 0 Å². The van der Waals surface area contributed by atoms with Gasteiger partial charge in [-0.15, -0.1) is 0 Å². The van der Waals surface area contributed by atoms with E-state index in [-0.39, 0.29) is 10.8 Å². The van der Waals surface area contributed by atoms with E-state index in [0.29, 0.717) is 0 Å². The second-order valence-electron chi connectivity index (χ2n) is 8.08. The number of hydrogen-bond acceptors (Lipinski definition) is 0. The van der Waals surface area contributed by atoms with Gasteiger partial charge >= 0.3 is 0 Å². The lowest BCUT2D eigenvalue weighted by Gasteiger charge is -2.32. The molecule has 0 bridgehead atoms. The zero-order valence-corrected chi connectivity index (χ0v) is 14.4. The minimum atomic E-state index is 0.208. The molecule has 0 saturated heterocycles. The molecule has 2 aromatic carbocycles. The van der Waals surface area contributed by atoms with Crippen LogP contribution in [0.5, 0.6) is 0 Å². The summed E-state index contributed by atoms with van der Waals surface area (Å²) in [6, 6.07) is 18.0. The smallest absolute Gasteiger partial charge is 0.00626 e. The van der Waals surface area contributed by atoms with E-state index in [1.807, 2.05) is 0 Å². The zero-order valence-electron chi connectivity index (χ0n) is 14.4. The summed E-state index contributed by atoms with van der Waals surface area (Å²) in [5.41, 5.74) is 7.40. The first-order chi connectivity index (χ1) is 10.3. The van der Waals surface area contributed by atoms with Gasteiger partial charge in [-0.3, -0.25) is 0 Å². The Morgan fingerprint density at radius 3 is 2.14 bits per heavy atom. The first-order valence-corrected chi connectivity index (χ1v) is 8.20. The van der Waals surface area contributed by atoms with E-state index >= 15 is 0 Å². The highest BCUT2D eigenvalue weighted by Gasteiger charge is 2.28. The molecule has 0 atom stereocenters. The van der Waals surface area contributed by atoms with Crippen LogP contribution in [0.4, 0.5) is 0 Å². The fourth-order valence-electron chi connectivity index (χ4n) is 3.31. The maximum atomic E-state index is 2.41. The molecule has 0 radical (unpaired) electrons. The maximum absolute atomic E-state index is 2.41. The van der Waals surface area contributed by atoms with E-state index in [1.165, 1.54) is 27.8 Å². The molecule has 2 aromatic rings. The van der Waals surface area contributed by atoms with E-state index in [0.717, 1.165) is 6.42 Å². The highest BCUT2D eigenvalue weighted by molar-refractivity contribution is 5.83. The minimum absolute atomic E-state index is 0.208.